The maximum absolute atomic E-state index is 13.9. The van der Waals surface area contributed by atoms with Gasteiger partial charge in [0.25, 0.3) is 0 Å². The van der Waals surface area contributed by atoms with Gasteiger partial charge < -0.3 is 0 Å². The molecule has 0 aliphatic carbocycles. The molecule has 0 atom stereocenters. The summed E-state index contributed by atoms with van der Waals surface area (Å²) in [7, 11) is -1.84. The summed E-state index contributed by atoms with van der Waals surface area (Å²) in [5.74, 6) is -1.09. The minimum absolute atomic E-state index is 0.0134. The van der Waals surface area contributed by atoms with E-state index in [1.54, 1.807) is 38.1 Å². The van der Waals surface area contributed by atoms with Gasteiger partial charge in [-0.3, -0.25) is 0 Å². The number of hydrogen-bond donors (Lipinski definition) is 0. The molecule has 0 N–H and O–H groups in total. The normalized spacial score (nSPS) is 10.9. The second-order valence-electron chi connectivity index (χ2n) is 4.04. The molecule has 0 unspecified atom stereocenters. The SMILES string of the molecule is Cc1cccc(S(=O)c2cccc(C)c2F)c1F. The van der Waals surface area contributed by atoms with E-state index >= 15 is 0 Å². The molecular weight excluding hydrogens is 254 g/mol. The van der Waals surface area contributed by atoms with E-state index in [0.717, 1.165) is 0 Å². The summed E-state index contributed by atoms with van der Waals surface area (Å²) < 4.78 is 39.9. The third kappa shape index (κ3) is 2.20. The van der Waals surface area contributed by atoms with Gasteiger partial charge in [0.2, 0.25) is 0 Å². The Kier molecular flexibility index (Phi) is 3.57. The van der Waals surface area contributed by atoms with E-state index in [1.807, 2.05) is 0 Å². The molecule has 0 heterocycles. The van der Waals surface area contributed by atoms with Gasteiger partial charge in [0.1, 0.15) is 11.6 Å². The van der Waals surface area contributed by atoms with Gasteiger partial charge in [-0.25, -0.2) is 13.0 Å². The Morgan fingerprint density at radius 3 is 1.61 bits per heavy atom. The largest absolute Gasteiger partial charge is 0.249 e. The molecule has 0 spiro atoms. The summed E-state index contributed by atoms with van der Waals surface area (Å²) in [4.78, 5) is 0.0269. The van der Waals surface area contributed by atoms with Crippen LogP contribution in [0.4, 0.5) is 8.78 Å². The van der Waals surface area contributed by atoms with Crippen molar-refractivity contribution < 1.29 is 13.0 Å². The minimum Gasteiger partial charge on any atom is -0.249 e. The van der Waals surface area contributed by atoms with Crippen molar-refractivity contribution in [1.29, 1.82) is 0 Å². The lowest BCUT2D eigenvalue weighted by Crippen LogP contribution is -2.01. The molecule has 4 heteroatoms. The van der Waals surface area contributed by atoms with Crippen LogP contribution in [0, 0.1) is 25.5 Å². The molecule has 0 radical (unpaired) electrons. The highest BCUT2D eigenvalue weighted by Crippen LogP contribution is 2.24. The number of rotatable bonds is 2. The van der Waals surface area contributed by atoms with Crippen LogP contribution in [0.5, 0.6) is 0 Å². The van der Waals surface area contributed by atoms with Crippen molar-refractivity contribution in [2.24, 2.45) is 0 Å². The zero-order valence-electron chi connectivity index (χ0n) is 10.0. The zero-order chi connectivity index (χ0) is 13.3. The van der Waals surface area contributed by atoms with Crippen LogP contribution in [-0.2, 0) is 10.8 Å². The molecule has 0 aliphatic rings. The summed E-state index contributed by atoms with van der Waals surface area (Å²) in [6.07, 6.45) is 0. The third-order valence-corrected chi connectivity index (χ3v) is 4.14. The maximum Gasteiger partial charge on any atom is 0.142 e. The van der Waals surface area contributed by atoms with E-state index in [1.165, 1.54) is 12.1 Å². The van der Waals surface area contributed by atoms with Crippen molar-refractivity contribution >= 4 is 10.8 Å². The van der Waals surface area contributed by atoms with E-state index in [9.17, 15) is 13.0 Å². The average Bonchev–Trinajstić information content (AvgIpc) is 2.35. The first kappa shape index (κ1) is 12.9. The van der Waals surface area contributed by atoms with Crippen LogP contribution in [0.25, 0.3) is 0 Å². The lowest BCUT2D eigenvalue weighted by atomic mass is 10.2. The monoisotopic (exact) mass is 266 g/mol. The van der Waals surface area contributed by atoms with E-state index in [2.05, 4.69) is 0 Å². The fourth-order valence-electron chi connectivity index (χ4n) is 1.65. The molecule has 2 aromatic rings. The molecule has 0 aromatic heterocycles. The highest BCUT2D eigenvalue weighted by atomic mass is 32.2. The summed E-state index contributed by atoms with van der Waals surface area (Å²) in [5, 5.41) is 0. The topological polar surface area (TPSA) is 17.1 Å². The van der Waals surface area contributed by atoms with Crippen molar-refractivity contribution in [3.8, 4) is 0 Å². The molecule has 0 bridgehead atoms. The summed E-state index contributed by atoms with van der Waals surface area (Å²) in [6.45, 7) is 3.17. The van der Waals surface area contributed by atoms with Crippen LogP contribution in [0.3, 0.4) is 0 Å². The smallest absolute Gasteiger partial charge is 0.142 e. The average molecular weight is 266 g/mol. The van der Waals surface area contributed by atoms with Crippen LogP contribution >= 0.6 is 0 Å². The lowest BCUT2D eigenvalue weighted by molar-refractivity contribution is 0.576. The Bertz CT molecular complexity index is 570. The molecule has 2 aromatic carbocycles. The number of hydrogen-bond acceptors (Lipinski definition) is 1. The first-order chi connectivity index (χ1) is 8.52. The lowest BCUT2D eigenvalue weighted by Gasteiger charge is -2.07. The zero-order valence-corrected chi connectivity index (χ0v) is 10.9. The van der Waals surface area contributed by atoms with Crippen molar-refractivity contribution in [3.05, 3.63) is 59.2 Å². The van der Waals surface area contributed by atoms with Gasteiger partial charge in [-0.2, -0.15) is 0 Å². The highest BCUT2D eigenvalue weighted by Gasteiger charge is 2.17. The Morgan fingerprint density at radius 2 is 1.22 bits per heavy atom. The number of halogens is 2. The van der Waals surface area contributed by atoms with Crippen molar-refractivity contribution in [2.75, 3.05) is 0 Å². The molecule has 0 amide bonds. The fourth-order valence-corrected chi connectivity index (χ4v) is 2.93. The standard InChI is InChI=1S/C14H12F2OS/c1-9-5-3-7-11(13(9)15)18(17)12-8-4-6-10(2)14(12)16/h3-8H,1-2H3. The van der Waals surface area contributed by atoms with Crippen molar-refractivity contribution in [3.63, 3.8) is 0 Å². The van der Waals surface area contributed by atoms with Crippen LogP contribution in [0.15, 0.2) is 46.2 Å². The molecule has 2 rings (SSSR count). The van der Waals surface area contributed by atoms with Crippen LogP contribution in [0.1, 0.15) is 11.1 Å². The van der Waals surface area contributed by atoms with Crippen molar-refractivity contribution in [1.82, 2.24) is 0 Å². The highest BCUT2D eigenvalue weighted by molar-refractivity contribution is 7.85. The van der Waals surface area contributed by atoms with Gasteiger partial charge >= 0.3 is 0 Å². The van der Waals surface area contributed by atoms with Gasteiger partial charge in [-0.15, -0.1) is 0 Å². The van der Waals surface area contributed by atoms with Gasteiger partial charge in [-0.05, 0) is 37.1 Å². The maximum atomic E-state index is 13.9. The van der Waals surface area contributed by atoms with Crippen molar-refractivity contribution in [2.45, 2.75) is 23.6 Å². The van der Waals surface area contributed by atoms with Crippen LogP contribution in [-0.4, -0.2) is 4.21 Å². The van der Waals surface area contributed by atoms with E-state index in [-0.39, 0.29) is 9.79 Å². The van der Waals surface area contributed by atoms with E-state index in [0.29, 0.717) is 11.1 Å². The van der Waals surface area contributed by atoms with Gasteiger partial charge in [-0.1, -0.05) is 24.3 Å². The predicted molar refractivity (Wildman–Crippen MR) is 66.9 cm³/mol. The van der Waals surface area contributed by atoms with E-state index in [4.69, 9.17) is 0 Å². The fraction of sp³-hybridized carbons (Fsp3) is 0.143. The Hall–Kier alpha value is -1.55. The molecule has 1 nitrogen and oxygen atoms in total. The first-order valence-electron chi connectivity index (χ1n) is 5.44. The molecule has 94 valence electrons. The Balaban J connectivity index is 2.55. The van der Waals surface area contributed by atoms with Gasteiger partial charge in [0.15, 0.2) is 0 Å². The molecule has 18 heavy (non-hydrogen) atoms. The Morgan fingerprint density at radius 1 is 0.833 bits per heavy atom. The van der Waals surface area contributed by atoms with Crippen LogP contribution < -0.4 is 0 Å². The van der Waals surface area contributed by atoms with Gasteiger partial charge in [0.05, 0.1) is 20.6 Å². The molecule has 0 saturated heterocycles. The molecule has 0 saturated carbocycles. The summed E-state index contributed by atoms with van der Waals surface area (Å²) in [5.41, 5.74) is 0.794. The molecule has 0 fully saturated rings. The second kappa shape index (κ2) is 4.98. The number of aryl methyl sites for hydroxylation is 2. The number of benzene rings is 2. The van der Waals surface area contributed by atoms with E-state index < -0.39 is 22.4 Å². The first-order valence-corrected chi connectivity index (χ1v) is 6.59. The Labute approximate surface area is 107 Å². The van der Waals surface area contributed by atoms with Gasteiger partial charge in [0, 0.05) is 0 Å². The summed E-state index contributed by atoms with van der Waals surface area (Å²) >= 11 is 0. The van der Waals surface area contributed by atoms with Crippen LogP contribution in [0.2, 0.25) is 0 Å². The predicted octanol–water partition coefficient (Wildman–Crippen LogP) is 3.75. The summed E-state index contributed by atoms with van der Waals surface area (Å²) in [6, 6.07) is 9.23. The molecular formula is C14H12F2OS. The minimum atomic E-state index is -1.84. The second-order valence-corrected chi connectivity index (χ2v) is 5.46. The molecule has 0 aliphatic heterocycles. The third-order valence-electron chi connectivity index (χ3n) is 2.71. The quantitative estimate of drug-likeness (QED) is 0.809.